The Balaban J connectivity index is 0.0000102. The summed E-state index contributed by atoms with van der Waals surface area (Å²) in [5.41, 5.74) is 5.15. The fourth-order valence-electron chi connectivity index (χ4n) is 6.51. The van der Waals surface area contributed by atoms with Crippen molar-refractivity contribution < 1.29 is 151 Å². The summed E-state index contributed by atoms with van der Waals surface area (Å²) in [6.07, 6.45) is 5.85. The van der Waals surface area contributed by atoms with Crippen molar-refractivity contribution in [2.75, 3.05) is 37.7 Å². The molecule has 8 N–H and O–H groups in total. The van der Waals surface area contributed by atoms with Crippen LogP contribution in [0.5, 0.6) is 0 Å². The molecule has 0 bridgehead atoms. The second-order valence-electron chi connectivity index (χ2n) is 14.2. The number of rotatable bonds is 26. The minimum atomic E-state index is -6.20. The number of carbonyl (C=O) groups excluding carboxylic acids is 4. The van der Waals surface area contributed by atoms with Gasteiger partial charge in [0.15, 0.2) is 0 Å². The number of phosphoric ester groups is 1. The topological polar surface area (TPSA) is 390 Å². The minimum Gasteiger partial charge on any atom is -0.790 e. The summed E-state index contributed by atoms with van der Waals surface area (Å²) in [7, 11) is -18.2. The van der Waals surface area contributed by atoms with E-state index < -0.39 is 54.2 Å². The number of ether oxygens (including phenoxy) is 1. The summed E-state index contributed by atoms with van der Waals surface area (Å²) >= 11 is 1.86. The summed E-state index contributed by atoms with van der Waals surface area (Å²) in [5, 5.41) is 25.0. The van der Waals surface area contributed by atoms with Crippen molar-refractivity contribution in [1.29, 1.82) is 0 Å². The summed E-state index contributed by atoms with van der Waals surface area (Å²) in [6, 6.07) is 0.261. The molecule has 3 aliphatic heterocycles. The van der Waals surface area contributed by atoms with Crippen molar-refractivity contribution in [2.24, 2.45) is 0 Å². The third-order valence-electron chi connectivity index (χ3n) is 9.42. The van der Waals surface area contributed by atoms with Gasteiger partial charge in [0.05, 0.1) is 32.6 Å². The molecule has 0 radical (unpaired) electrons. The number of aliphatic hydroxyl groups excluding tert-OH is 1. The number of nitrogen functional groups attached to an aromatic ring is 1. The normalized spacial score (nSPS) is 22.9. The quantitative estimate of drug-likeness (QED) is 0.0196. The molecule has 4 rings (SSSR count). The number of hydrogen-bond acceptors (Lipinski definition) is 20. The Morgan fingerprint density at radius 1 is 0.892 bits per heavy atom. The van der Waals surface area contributed by atoms with E-state index in [0.29, 0.717) is 44.0 Å². The Kier molecular flexibility index (Phi) is 30.3. The number of phosphoric acid groups is 3. The monoisotopic (exact) mass is 970 g/mol. The van der Waals surface area contributed by atoms with Crippen molar-refractivity contribution in [1.82, 2.24) is 36.1 Å². The number of fused-ring (bicyclic) bond motifs is 1. The van der Waals surface area contributed by atoms with Crippen LogP contribution in [0.3, 0.4) is 0 Å². The van der Waals surface area contributed by atoms with Crippen molar-refractivity contribution in [3.05, 3.63) is 28.3 Å². The SMILES string of the molecule is Nc1nc(=O)n(C2CC(O)C(COP(=O)([O-])OP(=O)([O-])OP(=O)([O-])[O-])O2)cc1/C=C/CNC(=O)CCCNC(=O)CCCCCNC(=O)CCCCC1SCC2NC(=O)NC21.[Li+].[Li+].[Li+].[Li+]. The van der Waals surface area contributed by atoms with Crippen LogP contribution in [0.4, 0.5) is 10.6 Å². The van der Waals surface area contributed by atoms with E-state index in [1.165, 1.54) is 18.3 Å². The second-order valence-corrected chi connectivity index (χ2v) is 19.7. The molecule has 33 heteroatoms. The van der Waals surface area contributed by atoms with Crippen molar-refractivity contribution in [3.8, 4) is 0 Å². The van der Waals surface area contributed by atoms with Gasteiger partial charge in [-0.25, -0.2) is 13.9 Å². The molecule has 3 aliphatic rings. The first-order valence-corrected chi connectivity index (χ1v) is 24.7. The Morgan fingerprint density at radius 3 is 2.17 bits per heavy atom. The molecule has 25 nitrogen and oxygen atoms in total. The predicted octanol–water partition coefficient (Wildman–Crippen LogP) is -14.3. The van der Waals surface area contributed by atoms with Gasteiger partial charge in [-0.05, 0) is 32.1 Å². The van der Waals surface area contributed by atoms with Crippen LogP contribution in [0.1, 0.15) is 82.4 Å². The average molecular weight is 971 g/mol. The van der Waals surface area contributed by atoms with Gasteiger partial charge in [0, 0.05) is 68.1 Å². The van der Waals surface area contributed by atoms with E-state index in [2.05, 4.69) is 44.7 Å². The number of aromatic nitrogens is 2. The Morgan fingerprint density at radius 2 is 1.51 bits per heavy atom. The largest absolute Gasteiger partial charge is 1.00 e. The zero-order chi connectivity index (χ0) is 44.8. The number of aliphatic hydroxyl groups is 1. The van der Waals surface area contributed by atoms with E-state index >= 15 is 0 Å². The van der Waals surface area contributed by atoms with E-state index in [9.17, 15) is 62.3 Å². The molecular weight excluding hydrogens is 921 g/mol. The van der Waals surface area contributed by atoms with E-state index in [-0.39, 0.29) is 142 Å². The van der Waals surface area contributed by atoms with Gasteiger partial charge < -0.3 is 70.8 Å². The van der Waals surface area contributed by atoms with Crippen LogP contribution < -0.4 is 133 Å². The molecule has 65 heavy (non-hydrogen) atoms. The van der Waals surface area contributed by atoms with Gasteiger partial charge in [-0.1, -0.05) is 25.0 Å². The summed E-state index contributed by atoms with van der Waals surface area (Å²) in [4.78, 5) is 108. The molecule has 344 valence electrons. The zero-order valence-electron chi connectivity index (χ0n) is 36.7. The number of amides is 5. The minimum absolute atomic E-state index is 0. The van der Waals surface area contributed by atoms with Crippen LogP contribution in [-0.2, 0) is 46.0 Å². The third-order valence-corrected chi connectivity index (χ3v) is 14.6. The molecule has 0 saturated carbocycles. The van der Waals surface area contributed by atoms with Gasteiger partial charge in [-0.15, -0.1) is 0 Å². The number of anilines is 1. The number of hydrogen-bond donors (Lipinski definition) is 7. The molecule has 8 unspecified atom stereocenters. The maximum atomic E-state index is 12.5. The fourth-order valence-corrected chi connectivity index (χ4v) is 10.9. The summed E-state index contributed by atoms with van der Waals surface area (Å²) in [6.45, 7) is -0.159. The van der Waals surface area contributed by atoms with Crippen LogP contribution in [0.15, 0.2) is 17.1 Å². The van der Waals surface area contributed by atoms with Gasteiger partial charge in [0.1, 0.15) is 18.1 Å². The van der Waals surface area contributed by atoms with Crippen molar-refractivity contribution >= 4 is 70.9 Å². The Hall–Kier alpha value is -0.830. The number of nitrogens with zero attached hydrogens (tertiary/aromatic N) is 2. The van der Waals surface area contributed by atoms with Crippen molar-refractivity contribution in [2.45, 2.75) is 106 Å². The standard InChI is InChI=1S/C32H53N8O17P3S.4Li/c33-30-20(17-40(32(46)39-30)28-16-22(41)23(55-28)18-54-59(50,51)57-60(52,53)56-58(47,48)49)8-6-14-35-27(44)12-7-15-36-25(42)10-2-1-5-13-34-26(43)11-4-3-9-24-29-21(19-61-24)37-31(45)38-29;;;;/h6,8,17,21-24,28-29,41H,1-5,7,9-16,18-19H2,(H,34,43)(H,35,44)(H,36,42)(H,50,51)(H,52,53)(H2,33,39,46)(H2,37,38,45)(H2,47,48,49);;;;/q;4*+1/p-4/b8-6+;;;;. The maximum Gasteiger partial charge on any atom is 1.00 e. The van der Waals surface area contributed by atoms with Gasteiger partial charge in [-0.3, -0.25) is 32.4 Å². The van der Waals surface area contributed by atoms with Crippen LogP contribution >= 0.6 is 35.2 Å². The molecule has 0 aromatic carbocycles. The molecule has 3 saturated heterocycles. The Bertz CT molecular complexity index is 1960. The van der Waals surface area contributed by atoms with E-state index in [0.717, 1.165) is 42.4 Å². The van der Waals surface area contributed by atoms with Gasteiger partial charge >= 0.3 is 87.2 Å². The number of unbranched alkanes of at least 4 members (excludes halogenated alkanes) is 3. The first kappa shape index (κ1) is 64.2. The number of thioether (sulfide) groups is 1. The molecule has 8 atom stereocenters. The van der Waals surface area contributed by atoms with Crippen LogP contribution in [-0.4, -0.2) is 99.9 Å². The molecule has 4 heterocycles. The molecule has 0 spiro atoms. The van der Waals surface area contributed by atoms with Gasteiger partial charge in [-0.2, -0.15) is 16.7 Å². The Labute approximate surface area is 427 Å². The molecule has 1 aromatic heterocycles. The molecule has 0 aliphatic carbocycles. The first-order valence-electron chi connectivity index (χ1n) is 19.3. The summed E-state index contributed by atoms with van der Waals surface area (Å²) < 4.78 is 50.9. The predicted molar refractivity (Wildman–Crippen MR) is 208 cm³/mol. The maximum absolute atomic E-state index is 12.5. The van der Waals surface area contributed by atoms with E-state index in [4.69, 9.17) is 10.5 Å². The fraction of sp³-hybridized carbons (Fsp3) is 0.688. The second kappa shape index (κ2) is 30.7. The van der Waals surface area contributed by atoms with Gasteiger partial charge in [0.25, 0.3) is 15.6 Å². The van der Waals surface area contributed by atoms with Crippen LogP contribution in [0.2, 0.25) is 0 Å². The number of urea groups is 1. The number of nitrogens with one attached hydrogen (secondary N) is 5. The van der Waals surface area contributed by atoms with Crippen LogP contribution in [0.25, 0.3) is 6.08 Å². The average Bonchev–Trinajstić information content (AvgIpc) is 3.83. The van der Waals surface area contributed by atoms with Crippen molar-refractivity contribution in [3.63, 3.8) is 0 Å². The summed E-state index contributed by atoms with van der Waals surface area (Å²) in [5.74, 6) is 0.299. The smallest absolute Gasteiger partial charge is 0.790 e. The molecule has 1 aromatic rings. The van der Waals surface area contributed by atoms with E-state index in [1.807, 2.05) is 11.8 Å². The van der Waals surface area contributed by atoms with Gasteiger partial charge in [0.2, 0.25) is 17.7 Å². The first-order chi connectivity index (χ1) is 28.7. The van der Waals surface area contributed by atoms with E-state index in [1.54, 1.807) is 0 Å². The zero-order valence-corrected chi connectivity index (χ0v) is 40.2. The molecule has 5 amide bonds. The molecule has 3 fully saturated rings. The van der Waals surface area contributed by atoms with Crippen LogP contribution in [0, 0.1) is 0 Å². The number of carbonyl (C=O) groups is 4. The number of nitrogens with two attached hydrogens (primary N) is 1. The third kappa shape index (κ3) is 23.6. The molecular formula is C32H49Li4N8O17P3S.